The van der Waals surface area contributed by atoms with Crippen molar-refractivity contribution in [2.45, 2.75) is 44.4 Å². The minimum absolute atomic E-state index is 0.127. The van der Waals surface area contributed by atoms with Gasteiger partial charge in [-0.15, -0.1) is 0 Å². The molecule has 1 aliphatic carbocycles. The van der Waals surface area contributed by atoms with E-state index < -0.39 is 6.09 Å². The second-order valence-electron chi connectivity index (χ2n) is 8.06. The number of carbonyl (C=O) groups is 2. The molecule has 4 rings (SSSR count). The summed E-state index contributed by atoms with van der Waals surface area (Å²) in [4.78, 5) is 34.9. The average molecular weight is 450 g/mol. The van der Waals surface area contributed by atoms with Crippen molar-refractivity contribution in [1.82, 2.24) is 25.1 Å². The number of urea groups is 1. The normalized spacial score (nSPS) is 17.8. The number of rotatable bonds is 6. The van der Waals surface area contributed by atoms with Crippen molar-refractivity contribution in [2.24, 2.45) is 12.8 Å². The molecule has 0 bridgehead atoms. The van der Waals surface area contributed by atoms with Gasteiger partial charge in [-0.05, 0) is 31.2 Å². The van der Waals surface area contributed by atoms with E-state index in [9.17, 15) is 9.59 Å². The van der Waals surface area contributed by atoms with E-state index in [0.29, 0.717) is 38.2 Å². The summed E-state index contributed by atoms with van der Waals surface area (Å²) in [6.45, 7) is 0.393. The number of primary amides is 1. The van der Waals surface area contributed by atoms with Crippen LogP contribution >= 0.6 is 0 Å². The predicted octanol–water partition coefficient (Wildman–Crippen LogP) is 3.00. The lowest BCUT2D eigenvalue weighted by Gasteiger charge is -2.35. The molecule has 1 aliphatic rings. The number of amides is 3. The fourth-order valence-corrected chi connectivity index (χ4v) is 4.03. The number of hydrogen-bond acceptors (Lipinski definition) is 6. The maximum absolute atomic E-state index is 13.2. The molecule has 1 saturated carbocycles. The van der Waals surface area contributed by atoms with Crippen LogP contribution in [-0.4, -0.2) is 44.0 Å². The molecule has 1 aromatic carbocycles. The van der Waals surface area contributed by atoms with Gasteiger partial charge in [-0.3, -0.25) is 9.58 Å². The number of ether oxygens (including phenoxy) is 1. The summed E-state index contributed by atoms with van der Waals surface area (Å²) in [5, 5.41) is 7.15. The van der Waals surface area contributed by atoms with Gasteiger partial charge in [-0.25, -0.2) is 19.6 Å². The summed E-state index contributed by atoms with van der Waals surface area (Å²) < 4.78 is 6.85. The van der Waals surface area contributed by atoms with Crippen molar-refractivity contribution in [3.8, 4) is 11.1 Å². The first-order valence-electron chi connectivity index (χ1n) is 10.9. The highest BCUT2D eigenvalue weighted by atomic mass is 16.6. The number of hydrogen-bond donors (Lipinski definition) is 2. The summed E-state index contributed by atoms with van der Waals surface area (Å²) >= 11 is 0. The van der Waals surface area contributed by atoms with Crippen LogP contribution in [-0.2, 0) is 18.3 Å². The van der Waals surface area contributed by atoms with Gasteiger partial charge in [0.1, 0.15) is 6.10 Å². The number of aromatic nitrogens is 4. The van der Waals surface area contributed by atoms with Crippen molar-refractivity contribution >= 4 is 18.1 Å². The zero-order valence-corrected chi connectivity index (χ0v) is 18.4. The largest absolute Gasteiger partial charge is 0.446 e. The van der Waals surface area contributed by atoms with Crippen LogP contribution < -0.4 is 16.0 Å². The Bertz CT molecular complexity index is 1080. The Hall–Kier alpha value is -3.95. The van der Waals surface area contributed by atoms with Gasteiger partial charge in [0.15, 0.2) is 0 Å². The van der Waals surface area contributed by atoms with Crippen LogP contribution in [0.4, 0.5) is 15.5 Å². The molecule has 0 atom stereocenters. The topological polar surface area (TPSA) is 128 Å². The van der Waals surface area contributed by atoms with Gasteiger partial charge in [0, 0.05) is 49.4 Å². The summed E-state index contributed by atoms with van der Waals surface area (Å²) in [5.41, 5.74) is 7.86. The predicted molar refractivity (Wildman–Crippen MR) is 122 cm³/mol. The quantitative estimate of drug-likeness (QED) is 0.595. The van der Waals surface area contributed by atoms with Crippen LogP contribution in [0.2, 0.25) is 0 Å². The van der Waals surface area contributed by atoms with E-state index >= 15 is 0 Å². The molecule has 33 heavy (non-hydrogen) atoms. The molecule has 0 radical (unpaired) electrons. The van der Waals surface area contributed by atoms with E-state index in [4.69, 9.17) is 10.5 Å². The van der Waals surface area contributed by atoms with Crippen LogP contribution in [0, 0.1) is 0 Å². The highest BCUT2D eigenvalue weighted by Gasteiger charge is 2.32. The van der Waals surface area contributed by atoms with Gasteiger partial charge in [-0.1, -0.05) is 30.3 Å². The molecule has 0 aliphatic heterocycles. The van der Waals surface area contributed by atoms with Crippen molar-refractivity contribution in [2.75, 3.05) is 4.90 Å². The van der Waals surface area contributed by atoms with Gasteiger partial charge in [0.25, 0.3) is 0 Å². The third kappa shape index (κ3) is 5.65. The number of anilines is 1. The first-order chi connectivity index (χ1) is 16.0. The van der Waals surface area contributed by atoms with Crippen molar-refractivity contribution in [3.05, 3.63) is 60.7 Å². The molecule has 2 heterocycles. The fourth-order valence-electron chi connectivity index (χ4n) is 4.03. The fraction of sp³-hybridized carbons (Fsp3) is 0.348. The summed E-state index contributed by atoms with van der Waals surface area (Å²) in [5.74, 6) is 0.326. The molecular formula is C23H27N7O3. The Morgan fingerprint density at radius 3 is 2.39 bits per heavy atom. The van der Waals surface area contributed by atoms with Crippen LogP contribution in [0.15, 0.2) is 55.1 Å². The lowest BCUT2D eigenvalue weighted by Crippen LogP contribution is -2.49. The Labute approximate surface area is 191 Å². The molecule has 172 valence electrons. The van der Waals surface area contributed by atoms with Gasteiger partial charge in [0.05, 0.1) is 6.20 Å². The van der Waals surface area contributed by atoms with Crippen molar-refractivity contribution in [3.63, 3.8) is 0 Å². The SMILES string of the molecule is Cn1cc(-c2cnc(N(C(=O)NCc3ccccc3)[C@H]3CC[C@H](OC(N)=O)CC3)nc2)cn1. The minimum Gasteiger partial charge on any atom is -0.446 e. The molecular weight excluding hydrogens is 422 g/mol. The van der Waals surface area contributed by atoms with Crippen LogP contribution in [0.5, 0.6) is 0 Å². The highest BCUT2D eigenvalue weighted by molar-refractivity contribution is 5.90. The van der Waals surface area contributed by atoms with Crippen molar-refractivity contribution < 1.29 is 14.3 Å². The lowest BCUT2D eigenvalue weighted by atomic mass is 9.92. The van der Waals surface area contributed by atoms with Crippen LogP contribution in [0.3, 0.4) is 0 Å². The third-order valence-electron chi connectivity index (χ3n) is 5.69. The van der Waals surface area contributed by atoms with E-state index in [-0.39, 0.29) is 18.2 Å². The number of nitrogens with zero attached hydrogens (tertiary/aromatic N) is 5. The first kappa shape index (κ1) is 22.3. The molecule has 3 N–H and O–H groups in total. The standard InChI is InChI=1S/C23H27N7O3/c1-29-15-18(14-28-29)17-12-25-22(26-13-17)30(19-7-9-20(10-8-19)33-21(24)31)23(32)27-11-16-5-3-2-4-6-16/h2-6,12-15,19-20H,7-11H2,1H3,(H2,24,31)(H,27,32)/t19-,20-. The zero-order valence-electron chi connectivity index (χ0n) is 18.4. The third-order valence-corrected chi connectivity index (χ3v) is 5.69. The van der Waals surface area contributed by atoms with E-state index in [1.807, 2.05) is 43.6 Å². The van der Waals surface area contributed by atoms with Gasteiger partial charge < -0.3 is 15.8 Å². The van der Waals surface area contributed by atoms with Gasteiger partial charge in [-0.2, -0.15) is 5.10 Å². The van der Waals surface area contributed by atoms with Crippen molar-refractivity contribution in [1.29, 1.82) is 0 Å². The summed E-state index contributed by atoms with van der Waals surface area (Å²) in [7, 11) is 1.84. The Morgan fingerprint density at radius 2 is 1.79 bits per heavy atom. The number of aryl methyl sites for hydroxylation is 1. The van der Waals surface area contributed by atoms with Gasteiger partial charge >= 0.3 is 12.1 Å². The minimum atomic E-state index is -0.773. The molecule has 3 amide bonds. The second kappa shape index (κ2) is 10.1. The molecule has 2 aromatic heterocycles. The smallest absolute Gasteiger partial charge is 0.404 e. The maximum atomic E-state index is 13.2. The monoisotopic (exact) mass is 449 g/mol. The van der Waals surface area contributed by atoms with E-state index in [0.717, 1.165) is 16.7 Å². The number of benzene rings is 1. The maximum Gasteiger partial charge on any atom is 0.404 e. The number of carbonyl (C=O) groups excluding carboxylic acids is 2. The number of nitrogens with one attached hydrogen (secondary N) is 1. The summed E-state index contributed by atoms with van der Waals surface area (Å²) in [6, 6.07) is 9.30. The zero-order chi connectivity index (χ0) is 23.2. The molecule has 1 fully saturated rings. The Kier molecular flexibility index (Phi) is 6.82. The van der Waals surface area contributed by atoms with E-state index in [1.54, 1.807) is 28.2 Å². The van der Waals surface area contributed by atoms with Crippen LogP contribution in [0.25, 0.3) is 11.1 Å². The molecule has 0 spiro atoms. The number of nitrogens with two attached hydrogens (primary N) is 1. The lowest BCUT2D eigenvalue weighted by molar-refractivity contribution is 0.0786. The molecule has 10 nitrogen and oxygen atoms in total. The van der Waals surface area contributed by atoms with E-state index in [2.05, 4.69) is 20.4 Å². The molecule has 3 aromatic rings. The molecule has 0 saturated heterocycles. The summed E-state index contributed by atoms with van der Waals surface area (Å²) in [6.07, 6.45) is 8.51. The highest BCUT2D eigenvalue weighted by Crippen LogP contribution is 2.28. The molecule has 10 heteroatoms. The Morgan fingerprint density at radius 1 is 1.09 bits per heavy atom. The van der Waals surface area contributed by atoms with Crippen LogP contribution in [0.1, 0.15) is 31.2 Å². The average Bonchev–Trinajstić information content (AvgIpc) is 3.26. The molecule has 0 unspecified atom stereocenters. The van der Waals surface area contributed by atoms with E-state index in [1.165, 1.54) is 0 Å². The Balaban J connectivity index is 1.52. The first-order valence-corrected chi connectivity index (χ1v) is 10.9. The second-order valence-corrected chi connectivity index (χ2v) is 8.06. The van der Waals surface area contributed by atoms with Gasteiger partial charge in [0.2, 0.25) is 5.95 Å².